The Morgan fingerprint density at radius 2 is 2.00 bits per heavy atom. The van der Waals surface area contributed by atoms with Gasteiger partial charge >= 0.3 is 5.51 Å². The summed E-state index contributed by atoms with van der Waals surface area (Å²) in [5.41, 5.74) is -2.49. The molecule has 1 heterocycles. The maximum absolute atomic E-state index is 11.9. The van der Waals surface area contributed by atoms with E-state index in [4.69, 9.17) is 0 Å². The van der Waals surface area contributed by atoms with Crippen LogP contribution in [0.5, 0.6) is 0 Å². The molecular weight excluding hydrogens is 237 g/mol. The van der Waals surface area contributed by atoms with Crippen LogP contribution in [-0.2, 0) is 6.54 Å². The number of hydrogen-bond acceptors (Lipinski definition) is 2. The number of thioether (sulfide) groups is 1. The van der Waals surface area contributed by atoms with Gasteiger partial charge < -0.3 is 4.57 Å². The lowest BCUT2D eigenvalue weighted by Gasteiger charge is -2.06. The van der Waals surface area contributed by atoms with E-state index in [-0.39, 0.29) is 17.5 Å². The molecule has 0 radical (unpaired) electrons. The highest BCUT2D eigenvalue weighted by Gasteiger charge is 2.27. The monoisotopic (exact) mass is 246 g/mol. The largest absolute Gasteiger partial charge is 0.441 e. The smallest absolute Gasteiger partial charge is 0.330 e. The first-order valence-corrected chi connectivity index (χ1v) is 5.65. The van der Waals surface area contributed by atoms with E-state index in [2.05, 4.69) is 4.98 Å². The van der Waals surface area contributed by atoms with E-state index in [1.54, 1.807) is 10.9 Å². The van der Waals surface area contributed by atoms with Crippen molar-refractivity contribution in [1.82, 2.24) is 9.55 Å². The summed E-state index contributed by atoms with van der Waals surface area (Å²) in [7, 11) is 0. The molecule has 0 aliphatic rings. The average Bonchev–Trinajstić information content (AvgIpc) is 2.60. The summed E-state index contributed by atoms with van der Waals surface area (Å²) in [6.45, 7) is 0.310. The molecule has 1 aromatic heterocycles. The molecule has 0 bridgehead atoms. The van der Waals surface area contributed by atoms with Crippen molar-refractivity contribution in [3.8, 4) is 0 Å². The fourth-order valence-corrected chi connectivity index (χ4v) is 1.97. The average molecular weight is 246 g/mol. The van der Waals surface area contributed by atoms with Gasteiger partial charge in [-0.05, 0) is 23.9 Å². The molecular formula is C10H9F3N2S. The number of rotatable bonds is 3. The SMILES string of the molecule is FC(F)(F)SCCn1cnc2ccccc21. The molecule has 16 heavy (non-hydrogen) atoms. The van der Waals surface area contributed by atoms with Crippen molar-refractivity contribution in [3.63, 3.8) is 0 Å². The quantitative estimate of drug-likeness (QED) is 0.827. The van der Waals surface area contributed by atoms with E-state index < -0.39 is 5.51 Å². The lowest BCUT2D eigenvalue weighted by Crippen LogP contribution is -2.06. The molecule has 2 rings (SSSR count). The van der Waals surface area contributed by atoms with Gasteiger partial charge in [0.1, 0.15) is 0 Å². The summed E-state index contributed by atoms with van der Waals surface area (Å²) in [4.78, 5) is 4.11. The van der Waals surface area contributed by atoms with Crippen molar-refractivity contribution in [2.24, 2.45) is 0 Å². The van der Waals surface area contributed by atoms with Crippen molar-refractivity contribution in [2.45, 2.75) is 12.1 Å². The molecule has 0 N–H and O–H groups in total. The number of alkyl halides is 3. The molecule has 86 valence electrons. The Balaban J connectivity index is 2.05. The van der Waals surface area contributed by atoms with Crippen LogP contribution in [0.1, 0.15) is 0 Å². The predicted molar refractivity (Wildman–Crippen MR) is 58.2 cm³/mol. The Morgan fingerprint density at radius 3 is 2.75 bits per heavy atom. The topological polar surface area (TPSA) is 17.8 Å². The van der Waals surface area contributed by atoms with Crippen molar-refractivity contribution in [2.75, 3.05) is 5.75 Å². The summed E-state index contributed by atoms with van der Waals surface area (Å²) in [5.74, 6) is 0.00382. The minimum Gasteiger partial charge on any atom is -0.330 e. The van der Waals surface area contributed by atoms with Gasteiger partial charge in [0.25, 0.3) is 0 Å². The first kappa shape index (κ1) is 11.3. The van der Waals surface area contributed by atoms with E-state index >= 15 is 0 Å². The van der Waals surface area contributed by atoms with Crippen molar-refractivity contribution in [1.29, 1.82) is 0 Å². The van der Waals surface area contributed by atoms with Gasteiger partial charge in [0.2, 0.25) is 0 Å². The highest BCUT2D eigenvalue weighted by atomic mass is 32.2. The van der Waals surface area contributed by atoms with E-state index in [1.807, 2.05) is 24.3 Å². The van der Waals surface area contributed by atoms with Gasteiger partial charge in [-0.2, -0.15) is 13.2 Å². The maximum atomic E-state index is 11.9. The van der Waals surface area contributed by atoms with Gasteiger partial charge in [-0.25, -0.2) is 4.98 Å². The van der Waals surface area contributed by atoms with Crippen molar-refractivity contribution >= 4 is 22.8 Å². The summed E-state index contributed by atoms with van der Waals surface area (Å²) in [6.07, 6.45) is 1.57. The zero-order valence-corrected chi connectivity index (χ0v) is 9.05. The van der Waals surface area contributed by atoms with Gasteiger partial charge in [-0.3, -0.25) is 0 Å². The van der Waals surface area contributed by atoms with E-state index in [0.29, 0.717) is 6.54 Å². The molecule has 2 aromatic rings. The van der Waals surface area contributed by atoms with E-state index in [1.165, 1.54) is 0 Å². The molecule has 6 heteroatoms. The molecule has 0 saturated heterocycles. The predicted octanol–water partition coefficient (Wildman–Crippen LogP) is 3.29. The van der Waals surface area contributed by atoms with Crippen LogP contribution in [0.3, 0.4) is 0 Å². The molecule has 0 fully saturated rings. The van der Waals surface area contributed by atoms with Crippen LogP contribution in [0, 0.1) is 0 Å². The summed E-state index contributed by atoms with van der Waals surface area (Å²) in [5, 5.41) is 0. The lowest BCUT2D eigenvalue weighted by atomic mass is 10.3. The van der Waals surface area contributed by atoms with Crippen LogP contribution in [-0.4, -0.2) is 20.8 Å². The van der Waals surface area contributed by atoms with Crippen molar-refractivity contribution < 1.29 is 13.2 Å². The highest BCUT2D eigenvalue weighted by Crippen LogP contribution is 2.30. The van der Waals surface area contributed by atoms with Gasteiger partial charge in [-0.15, -0.1) is 0 Å². The second-order valence-electron chi connectivity index (χ2n) is 3.22. The Morgan fingerprint density at radius 1 is 1.25 bits per heavy atom. The van der Waals surface area contributed by atoms with Gasteiger partial charge in [0.15, 0.2) is 0 Å². The zero-order chi connectivity index (χ0) is 11.6. The third-order valence-corrected chi connectivity index (χ3v) is 2.84. The number of para-hydroxylation sites is 2. The molecule has 0 unspecified atom stereocenters. The van der Waals surface area contributed by atoms with Crippen LogP contribution < -0.4 is 0 Å². The Bertz CT molecular complexity index is 478. The Labute approximate surface area is 94.5 Å². The normalized spacial score (nSPS) is 12.2. The third-order valence-electron chi connectivity index (χ3n) is 2.13. The summed E-state index contributed by atoms with van der Waals surface area (Å²) in [6, 6.07) is 7.38. The number of nitrogens with zero attached hydrogens (tertiary/aromatic N) is 2. The second kappa shape index (κ2) is 4.37. The molecule has 0 atom stereocenters. The second-order valence-corrected chi connectivity index (χ2v) is 4.38. The van der Waals surface area contributed by atoms with Gasteiger partial charge in [0, 0.05) is 12.3 Å². The van der Waals surface area contributed by atoms with E-state index in [0.717, 1.165) is 11.0 Å². The highest BCUT2D eigenvalue weighted by molar-refractivity contribution is 8.00. The standard InChI is InChI=1S/C10H9F3N2S/c11-10(12,13)16-6-5-15-7-14-8-3-1-2-4-9(8)15/h1-4,7H,5-6H2. The first-order valence-electron chi connectivity index (χ1n) is 4.67. The van der Waals surface area contributed by atoms with Crippen molar-refractivity contribution in [3.05, 3.63) is 30.6 Å². The summed E-state index contributed by atoms with van der Waals surface area (Å²) < 4.78 is 37.5. The minimum atomic E-state index is -4.16. The molecule has 0 amide bonds. The molecule has 1 aromatic carbocycles. The van der Waals surface area contributed by atoms with Crippen LogP contribution in [0.4, 0.5) is 13.2 Å². The minimum absolute atomic E-state index is 0.00382. The van der Waals surface area contributed by atoms with E-state index in [9.17, 15) is 13.2 Å². The number of hydrogen-bond donors (Lipinski definition) is 0. The number of imidazole rings is 1. The van der Waals surface area contributed by atoms with Crippen LogP contribution in [0.25, 0.3) is 11.0 Å². The zero-order valence-electron chi connectivity index (χ0n) is 8.24. The summed E-state index contributed by atoms with van der Waals surface area (Å²) >= 11 is -0.00825. The number of halogens is 3. The number of fused-ring (bicyclic) bond motifs is 1. The molecule has 2 nitrogen and oxygen atoms in total. The number of aryl methyl sites for hydroxylation is 1. The fraction of sp³-hybridized carbons (Fsp3) is 0.300. The number of aromatic nitrogens is 2. The maximum Gasteiger partial charge on any atom is 0.441 e. The van der Waals surface area contributed by atoms with Crippen LogP contribution >= 0.6 is 11.8 Å². The fourth-order valence-electron chi connectivity index (χ4n) is 1.45. The number of benzene rings is 1. The molecule has 0 spiro atoms. The molecule has 0 aliphatic carbocycles. The Kier molecular flexibility index (Phi) is 3.09. The van der Waals surface area contributed by atoms with Gasteiger partial charge in [0.05, 0.1) is 17.4 Å². The molecule has 0 aliphatic heterocycles. The van der Waals surface area contributed by atoms with Crippen LogP contribution in [0.15, 0.2) is 30.6 Å². The molecule has 0 saturated carbocycles. The first-order chi connectivity index (χ1) is 7.56. The Hall–Kier alpha value is -1.17. The van der Waals surface area contributed by atoms with Crippen LogP contribution in [0.2, 0.25) is 0 Å². The van der Waals surface area contributed by atoms with Gasteiger partial charge in [-0.1, -0.05) is 12.1 Å². The lowest BCUT2D eigenvalue weighted by molar-refractivity contribution is -0.0328. The third kappa shape index (κ3) is 2.69.